The zero-order valence-corrected chi connectivity index (χ0v) is 10.8. The molecule has 3 nitrogen and oxygen atoms in total. The third-order valence-corrected chi connectivity index (χ3v) is 3.41. The molecule has 3 heteroatoms. The fourth-order valence-electron chi connectivity index (χ4n) is 2.26. The van der Waals surface area contributed by atoms with Gasteiger partial charge in [0, 0.05) is 25.1 Å². The van der Waals surface area contributed by atoms with E-state index in [0.717, 1.165) is 30.8 Å². The van der Waals surface area contributed by atoms with Crippen molar-refractivity contribution in [1.82, 2.24) is 0 Å². The molecule has 0 radical (unpaired) electrons. The summed E-state index contributed by atoms with van der Waals surface area (Å²) in [4.78, 5) is 0. The van der Waals surface area contributed by atoms with E-state index in [1.54, 1.807) is 7.11 Å². The minimum atomic E-state index is -0.208. The molecule has 1 aromatic carbocycles. The minimum absolute atomic E-state index is 0.0435. The molecule has 2 rings (SSSR count). The van der Waals surface area contributed by atoms with Gasteiger partial charge in [0.25, 0.3) is 0 Å². The molecule has 0 aromatic heterocycles. The topological polar surface area (TPSA) is 44.5 Å². The Balaban J connectivity index is 2.20. The SMILES string of the molecule is COC(C)(C)CC(N)c1cccc2c1OCC2. The Labute approximate surface area is 103 Å². The number of fused-ring (bicyclic) bond motifs is 1. The maximum absolute atomic E-state index is 6.27. The molecule has 0 saturated heterocycles. The van der Waals surface area contributed by atoms with Crippen LogP contribution in [0.25, 0.3) is 0 Å². The predicted molar refractivity (Wildman–Crippen MR) is 68.3 cm³/mol. The average Bonchev–Trinajstić information content (AvgIpc) is 2.76. The van der Waals surface area contributed by atoms with Crippen LogP contribution in [0.4, 0.5) is 0 Å². The van der Waals surface area contributed by atoms with E-state index in [1.165, 1.54) is 5.56 Å². The Morgan fingerprint density at radius 2 is 2.24 bits per heavy atom. The molecule has 2 N–H and O–H groups in total. The number of methoxy groups -OCH3 is 1. The molecule has 94 valence electrons. The smallest absolute Gasteiger partial charge is 0.127 e. The zero-order valence-electron chi connectivity index (χ0n) is 10.8. The van der Waals surface area contributed by atoms with Crippen LogP contribution in [0.3, 0.4) is 0 Å². The lowest BCUT2D eigenvalue weighted by atomic mass is 9.92. The van der Waals surface area contributed by atoms with Crippen LogP contribution in [0, 0.1) is 0 Å². The average molecular weight is 235 g/mol. The van der Waals surface area contributed by atoms with Gasteiger partial charge in [0.1, 0.15) is 5.75 Å². The van der Waals surface area contributed by atoms with Crippen molar-refractivity contribution in [2.24, 2.45) is 5.73 Å². The van der Waals surface area contributed by atoms with Gasteiger partial charge in [0.15, 0.2) is 0 Å². The van der Waals surface area contributed by atoms with Gasteiger partial charge in [-0.25, -0.2) is 0 Å². The first kappa shape index (κ1) is 12.4. The van der Waals surface area contributed by atoms with Crippen LogP contribution in [-0.4, -0.2) is 19.3 Å². The first-order valence-electron chi connectivity index (χ1n) is 6.09. The van der Waals surface area contributed by atoms with Crippen LogP contribution in [-0.2, 0) is 11.2 Å². The summed E-state index contributed by atoms with van der Waals surface area (Å²) < 4.78 is 11.1. The van der Waals surface area contributed by atoms with E-state index in [9.17, 15) is 0 Å². The number of hydrogen-bond donors (Lipinski definition) is 1. The van der Waals surface area contributed by atoms with Gasteiger partial charge in [-0.15, -0.1) is 0 Å². The fourth-order valence-corrected chi connectivity index (χ4v) is 2.26. The largest absolute Gasteiger partial charge is 0.493 e. The predicted octanol–water partition coefficient (Wildman–Crippen LogP) is 2.44. The number of nitrogens with two attached hydrogens (primary N) is 1. The second kappa shape index (κ2) is 4.67. The first-order valence-corrected chi connectivity index (χ1v) is 6.09. The molecule has 1 unspecified atom stereocenters. The molecule has 0 amide bonds. The Hall–Kier alpha value is -1.06. The van der Waals surface area contributed by atoms with Crippen molar-refractivity contribution in [1.29, 1.82) is 0 Å². The quantitative estimate of drug-likeness (QED) is 0.871. The maximum Gasteiger partial charge on any atom is 0.127 e. The second-order valence-electron chi connectivity index (χ2n) is 5.21. The molecule has 1 aromatic rings. The van der Waals surface area contributed by atoms with E-state index in [1.807, 2.05) is 0 Å². The summed E-state index contributed by atoms with van der Waals surface area (Å²) in [6, 6.07) is 6.18. The van der Waals surface area contributed by atoms with Crippen LogP contribution >= 0.6 is 0 Å². The Bertz CT molecular complexity index is 401. The van der Waals surface area contributed by atoms with Crippen LogP contribution < -0.4 is 10.5 Å². The minimum Gasteiger partial charge on any atom is -0.493 e. The molecular weight excluding hydrogens is 214 g/mol. The van der Waals surface area contributed by atoms with Gasteiger partial charge < -0.3 is 15.2 Å². The van der Waals surface area contributed by atoms with E-state index in [-0.39, 0.29) is 11.6 Å². The monoisotopic (exact) mass is 235 g/mol. The standard InChI is InChI=1S/C14H21NO2/c1-14(2,16-3)9-12(15)11-6-4-5-10-7-8-17-13(10)11/h4-6,12H,7-9,15H2,1-3H3. The Morgan fingerprint density at radius 3 is 2.94 bits per heavy atom. The highest BCUT2D eigenvalue weighted by Crippen LogP contribution is 2.35. The van der Waals surface area contributed by atoms with Crippen molar-refractivity contribution in [3.8, 4) is 5.75 Å². The summed E-state index contributed by atoms with van der Waals surface area (Å²) >= 11 is 0. The summed E-state index contributed by atoms with van der Waals surface area (Å²) in [5, 5.41) is 0. The summed E-state index contributed by atoms with van der Waals surface area (Å²) in [5.74, 6) is 0.993. The van der Waals surface area contributed by atoms with Crippen molar-refractivity contribution < 1.29 is 9.47 Å². The van der Waals surface area contributed by atoms with E-state index < -0.39 is 0 Å². The molecule has 0 spiro atoms. The molecule has 1 aliphatic rings. The molecular formula is C14H21NO2. The summed E-state index contributed by atoms with van der Waals surface area (Å²) in [6.07, 6.45) is 1.77. The van der Waals surface area contributed by atoms with Gasteiger partial charge in [0.2, 0.25) is 0 Å². The van der Waals surface area contributed by atoms with Crippen LogP contribution in [0.15, 0.2) is 18.2 Å². The van der Waals surface area contributed by atoms with Crippen molar-refractivity contribution in [3.05, 3.63) is 29.3 Å². The Morgan fingerprint density at radius 1 is 1.47 bits per heavy atom. The van der Waals surface area contributed by atoms with Crippen LogP contribution in [0.2, 0.25) is 0 Å². The Kier molecular flexibility index (Phi) is 3.40. The molecule has 1 heterocycles. The van der Waals surface area contributed by atoms with E-state index in [4.69, 9.17) is 15.2 Å². The highest BCUT2D eigenvalue weighted by Gasteiger charge is 2.25. The van der Waals surface area contributed by atoms with Crippen LogP contribution in [0.1, 0.15) is 37.4 Å². The summed E-state index contributed by atoms with van der Waals surface area (Å²) in [7, 11) is 1.72. The van der Waals surface area contributed by atoms with Crippen molar-refractivity contribution >= 4 is 0 Å². The number of rotatable bonds is 4. The maximum atomic E-state index is 6.27. The second-order valence-corrected chi connectivity index (χ2v) is 5.21. The van der Waals surface area contributed by atoms with Gasteiger partial charge in [-0.1, -0.05) is 18.2 Å². The highest BCUT2D eigenvalue weighted by molar-refractivity contribution is 5.45. The summed E-state index contributed by atoms with van der Waals surface area (Å²) in [5.41, 5.74) is 8.44. The van der Waals surface area contributed by atoms with E-state index in [0.29, 0.717) is 0 Å². The van der Waals surface area contributed by atoms with E-state index >= 15 is 0 Å². The van der Waals surface area contributed by atoms with Crippen molar-refractivity contribution in [2.45, 2.75) is 38.3 Å². The molecule has 1 aliphatic heterocycles. The molecule has 1 atom stereocenters. The number of hydrogen-bond acceptors (Lipinski definition) is 3. The summed E-state index contributed by atoms with van der Waals surface area (Å²) in [6.45, 7) is 4.88. The van der Waals surface area contributed by atoms with Gasteiger partial charge >= 0.3 is 0 Å². The zero-order chi connectivity index (χ0) is 12.5. The lowest BCUT2D eigenvalue weighted by molar-refractivity contribution is 0.00982. The molecule has 0 bridgehead atoms. The lowest BCUT2D eigenvalue weighted by Crippen LogP contribution is -2.28. The molecule has 0 fully saturated rings. The number of para-hydroxylation sites is 1. The third kappa shape index (κ3) is 2.61. The molecule has 0 aliphatic carbocycles. The van der Waals surface area contributed by atoms with Gasteiger partial charge in [-0.3, -0.25) is 0 Å². The van der Waals surface area contributed by atoms with Crippen molar-refractivity contribution in [2.75, 3.05) is 13.7 Å². The number of ether oxygens (including phenoxy) is 2. The van der Waals surface area contributed by atoms with Gasteiger partial charge in [-0.2, -0.15) is 0 Å². The van der Waals surface area contributed by atoms with Gasteiger partial charge in [0.05, 0.1) is 12.2 Å². The first-order chi connectivity index (χ1) is 8.03. The highest BCUT2D eigenvalue weighted by atomic mass is 16.5. The third-order valence-electron chi connectivity index (χ3n) is 3.41. The normalized spacial score (nSPS) is 16.5. The fraction of sp³-hybridized carbons (Fsp3) is 0.571. The number of benzene rings is 1. The van der Waals surface area contributed by atoms with Gasteiger partial charge in [-0.05, 0) is 25.8 Å². The van der Waals surface area contributed by atoms with Crippen LogP contribution in [0.5, 0.6) is 5.75 Å². The molecule has 0 saturated carbocycles. The van der Waals surface area contributed by atoms with Crippen molar-refractivity contribution in [3.63, 3.8) is 0 Å². The molecule has 17 heavy (non-hydrogen) atoms. The van der Waals surface area contributed by atoms with E-state index in [2.05, 4.69) is 32.0 Å². The lowest BCUT2D eigenvalue weighted by Gasteiger charge is -2.27.